The normalized spacial score (nSPS) is 13.2. The van der Waals surface area contributed by atoms with Crippen LogP contribution in [-0.2, 0) is 22.7 Å². The van der Waals surface area contributed by atoms with Gasteiger partial charge in [-0.15, -0.1) is 9.05 Å². The Balaban J connectivity index is 3.30. The Hall–Kier alpha value is 0.250. The maximum atomic E-state index is 11.4. The van der Waals surface area contributed by atoms with E-state index < -0.39 is 16.9 Å². The van der Waals surface area contributed by atoms with E-state index >= 15 is 0 Å². The first-order valence-corrected chi connectivity index (χ1v) is 10.8. The van der Waals surface area contributed by atoms with Crippen LogP contribution >= 0.6 is 16.9 Å². The van der Waals surface area contributed by atoms with Gasteiger partial charge in [-0.05, 0) is 38.8 Å². The lowest BCUT2D eigenvalue weighted by Crippen LogP contribution is -2.01. The first kappa shape index (κ1) is 24.2. The van der Waals surface area contributed by atoms with Gasteiger partial charge < -0.3 is 25.4 Å². The van der Waals surface area contributed by atoms with Crippen molar-refractivity contribution >= 4 is 16.9 Å². The fourth-order valence-corrected chi connectivity index (χ4v) is 2.95. The van der Waals surface area contributed by atoms with E-state index in [0.717, 1.165) is 51.4 Å². The van der Waals surface area contributed by atoms with Crippen molar-refractivity contribution < 1.29 is 27.6 Å². The van der Waals surface area contributed by atoms with Crippen LogP contribution in [0.3, 0.4) is 0 Å². The van der Waals surface area contributed by atoms with E-state index in [4.69, 9.17) is 29.6 Å². The lowest BCUT2D eigenvalue weighted by Gasteiger charge is -2.09. The zero-order chi connectivity index (χ0) is 17.9. The molecule has 0 aromatic carbocycles. The molecule has 0 heterocycles. The van der Waals surface area contributed by atoms with Gasteiger partial charge in [0.05, 0.1) is 13.2 Å². The van der Waals surface area contributed by atoms with Gasteiger partial charge in [0.15, 0.2) is 0 Å². The summed E-state index contributed by atoms with van der Waals surface area (Å²) in [6, 6.07) is 0. The summed E-state index contributed by atoms with van der Waals surface area (Å²) in [7, 11) is -4.04. The molecule has 0 spiro atoms. The van der Waals surface area contributed by atoms with Crippen molar-refractivity contribution in [3.05, 3.63) is 0 Å². The smallest absolute Gasteiger partial charge is 0.330 e. The Labute approximate surface area is 147 Å². The third-order valence-electron chi connectivity index (χ3n) is 3.08. The Kier molecular flexibility index (Phi) is 19.8. The molecule has 0 aliphatic heterocycles. The minimum atomic E-state index is -2.14. The summed E-state index contributed by atoms with van der Waals surface area (Å²) in [6.45, 7) is 2.45. The summed E-state index contributed by atoms with van der Waals surface area (Å²) >= 11 is 0. The van der Waals surface area contributed by atoms with E-state index in [1.165, 1.54) is 0 Å². The molecule has 0 saturated heterocycles. The number of hydrogen-bond donors (Lipinski definition) is 3. The van der Waals surface area contributed by atoms with E-state index in [1.807, 2.05) is 0 Å². The van der Waals surface area contributed by atoms with Crippen molar-refractivity contribution in [2.75, 3.05) is 39.5 Å². The maximum Gasteiger partial charge on any atom is 0.697 e. The van der Waals surface area contributed by atoms with Gasteiger partial charge in [-0.2, -0.15) is 0 Å². The molecular formula is C14H33N2O6P2+. The van der Waals surface area contributed by atoms with Gasteiger partial charge >= 0.3 is 16.9 Å². The minimum Gasteiger partial charge on any atom is -0.330 e. The highest BCUT2D eigenvalue weighted by Gasteiger charge is 2.20. The van der Waals surface area contributed by atoms with Gasteiger partial charge in [0.25, 0.3) is 0 Å². The summed E-state index contributed by atoms with van der Waals surface area (Å²) in [5, 5.41) is 0. The van der Waals surface area contributed by atoms with Crippen LogP contribution in [0.5, 0.6) is 0 Å². The topological polar surface area (TPSA) is 126 Å². The van der Waals surface area contributed by atoms with Crippen LogP contribution in [0.1, 0.15) is 51.4 Å². The molecule has 0 bridgehead atoms. The van der Waals surface area contributed by atoms with Crippen molar-refractivity contribution in [3.8, 4) is 0 Å². The molecule has 5 N–H and O–H groups in total. The zero-order valence-electron chi connectivity index (χ0n) is 14.4. The van der Waals surface area contributed by atoms with E-state index in [1.54, 1.807) is 0 Å². The molecule has 10 heteroatoms. The molecule has 2 atom stereocenters. The van der Waals surface area contributed by atoms with Crippen molar-refractivity contribution in [3.63, 3.8) is 0 Å². The van der Waals surface area contributed by atoms with Crippen LogP contribution < -0.4 is 11.5 Å². The van der Waals surface area contributed by atoms with Crippen LogP contribution in [0.25, 0.3) is 0 Å². The Morgan fingerprint density at radius 3 is 1.83 bits per heavy atom. The fraction of sp³-hybridized carbons (Fsp3) is 1.00. The van der Waals surface area contributed by atoms with Crippen molar-refractivity contribution in [1.29, 1.82) is 0 Å². The lowest BCUT2D eigenvalue weighted by atomic mass is 10.2. The fourth-order valence-electron chi connectivity index (χ4n) is 1.78. The van der Waals surface area contributed by atoms with E-state index in [-0.39, 0.29) is 13.2 Å². The number of hydrogen-bond acceptors (Lipinski definition) is 8. The highest BCUT2D eigenvalue weighted by atomic mass is 31.2. The van der Waals surface area contributed by atoms with Crippen LogP contribution in [0.4, 0.5) is 0 Å². The molecule has 0 radical (unpaired) electrons. The molecule has 8 nitrogen and oxygen atoms in total. The Morgan fingerprint density at radius 1 is 0.708 bits per heavy atom. The summed E-state index contributed by atoms with van der Waals surface area (Å²) in [5.41, 5.74) is 10.8. The highest BCUT2D eigenvalue weighted by molar-refractivity contribution is 7.40. The van der Waals surface area contributed by atoms with Gasteiger partial charge in [-0.3, -0.25) is 0 Å². The standard InChI is InChI=1S/C14H33N2O6P2/c15-9-5-1-3-7-11-19-23(17)21-13-14-22-24(18)20-12-8-4-2-6-10-16/h17H,1-16H2/q+1. The molecule has 24 heavy (non-hydrogen) atoms. The molecule has 0 aromatic heterocycles. The quantitative estimate of drug-likeness (QED) is 0.228. The highest BCUT2D eigenvalue weighted by Crippen LogP contribution is 2.33. The molecule has 0 saturated carbocycles. The van der Waals surface area contributed by atoms with E-state index in [0.29, 0.717) is 26.3 Å². The first-order chi connectivity index (χ1) is 11.7. The van der Waals surface area contributed by atoms with Crippen LogP contribution in [-0.4, -0.2) is 44.4 Å². The molecule has 0 aliphatic carbocycles. The van der Waals surface area contributed by atoms with Gasteiger partial charge in [-0.25, -0.2) is 0 Å². The second-order valence-corrected chi connectivity index (χ2v) is 7.16. The Bertz CT molecular complexity index is 290. The van der Waals surface area contributed by atoms with Gasteiger partial charge in [-0.1, -0.05) is 25.7 Å². The molecule has 0 aliphatic rings. The minimum absolute atomic E-state index is 0.0850. The van der Waals surface area contributed by atoms with Crippen molar-refractivity contribution in [2.24, 2.45) is 11.5 Å². The van der Waals surface area contributed by atoms with Gasteiger partial charge in [0, 0.05) is 4.57 Å². The van der Waals surface area contributed by atoms with E-state index in [9.17, 15) is 9.46 Å². The third kappa shape index (κ3) is 18.6. The molecule has 0 fully saturated rings. The molecule has 0 rings (SSSR count). The second-order valence-electron chi connectivity index (χ2n) is 5.20. The van der Waals surface area contributed by atoms with Gasteiger partial charge in [0.1, 0.15) is 13.2 Å². The second kappa shape index (κ2) is 19.6. The molecule has 0 aromatic rings. The summed E-state index contributed by atoms with van der Waals surface area (Å²) < 4.78 is 31.6. The van der Waals surface area contributed by atoms with Crippen LogP contribution in [0, 0.1) is 0 Å². The first-order valence-electron chi connectivity index (χ1n) is 8.58. The van der Waals surface area contributed by atoms with Crippen molar-refractivity contribution in [2.45, 2.75) is 51.4 Å². The number of rotatable bonds is 19. The maximum absolute atomic E-state index is 11.4. The third-order valence-corrected chi connectivity index (χ3v) is 4.67. The molecule has 144 valence electrons. The average Bonchev–Trinajstić information content (AvgIpc) is 2.58. The van der Waals surface area contributed by atoms with Gasteiger partial charge in [0.2, 0.25) is 0 Å². The molecular weight excluding hydrogens is 354 g/mol. The number of nitrogens with two attached hydrogens (primary N) is 2. The largest absolute Gasteiger partial charge is 0.697 e. The van der Waals surface area contributed by atoms with E-state index in [2.05, 4.69) is 0 Å². The predicted octanol–water partition coefficient (Wildman–Crippen LogP) is 2.97. The summed E-state index contributed by atoms with van der Waals surface area (Å²) in [6.07, 6.45) is 7.85. The molecule has 2 unspecified atom stereocenters. The lowest BCUT2D eigenvalue weighted by molar-refractivity contribution is 0.153. The average molecular weight is 387 g/mol. The summed E-state index contributed by atoms with van der Waals surface area (Å²) in [5.74, 6) is 0. The Morgan fingerprint density at radius 2 is 1.21 bits per heavy atom. The summed E-state index contributed by atoms with van der Waals surface area (Å²) in [4.78, 5) is 9.49. The van der Waals surface area contributed by atoms with Crippen molar-refractivity contribution in [1.82, 2.24) is 0 Å². The number of unbranched alkanes of at least 4 members (excludes halogenated alkanes) is 6. The SMILES string of the molecule is NCCCCCCOP(O)OCCO[P+](=O)OCCCCCCN. The zero-order valence-corrected chi connectivity index (χ0v) is 16.2. The monoisotopic (exact) mass is 387 g/mol. The van der Waals surface area contributed by atoms with Crippen LogP contribution in [0.2, 0.25) is 0 Å². The molecule has 0 amide bonds. The van der Waals surface area contributed by atoms with Crippen LogP contribution in [0.15, 0.2) is 0 Å². The predicted molar refractivity (Wildman–Crippen MR) is 95.6 cm³/mol.